The van der Waals surface area contributed by atoms with Crippen molar-refractivity contribution in [2.24, 2.45) is 0 Å². The Hall–Kier alpha value is -1.81. The summed E-state index contributed by atoms with van der Waals surface area (Å²) in [6.07, 6.45) is 0.307. The van der Waals surface area contributed by atoms with Gasteiger partial charge >= 0.3 is 7.12 Å². The summed E-state index contributed by atoms with van der Waals surface area (Å²) < 4.78 is 27.8. The number of halogens is 1. The van der Waals surface area contributed by atoms with E-state index < -0.39 is 26.4 Å². The molecule has 184 valence electrons. The lowest BCUT2D eigenvalue weighted by atomic mass is 9.74. The second kappa shape index (κ2) is 9.33. The van der Waals surface area contributed by atoms with Crippen LogP contribution in [0, 0.1) is 17.3 Å². The van der Waals surface area contributed by atoms with Crippen LogP contribution < -0.4 is 5.46 Å². The van der Waals surface area contributed by atoms with Gasteiger partial charge in [-0.25, -0.2) is 4.39 Å². The lowest BCUT2D eigenvalue weighted by molar-refractivity contribution is 0.00578. The van der Waals surface area contributed by atoms with E-state index in [4.69, 9.17) is 9.31 Å². The average molecular weight is 483 g/mol. The van der Waals surface area contributed by atoms with Gasteiger partial charge in [0, 0.05) is 12.0 Å². The maximum absolute atomic E-state index is 15.3. The summed E-state index contributed by atoms with van der Waals surface area (Å²) in [5.74, 6) is 3.22. The Morgan fingerprint density at radius 1 is 0.941 bits per heavy atom. The van der Waals surface area contributed by atoms with E-state index in [1.165, 1.54) is 6.07 Å². The summed E-state index contributed by atoms with van der Waals surface area (Å²) in [6.45, 7) is 21.6. The minimum atomic E-state index is -1.93. The van der Waals surface area contributed by atoms with E-state index in [0.717, 1.165) is 10.8 Å². The Balaban J connectivity index is 2.16. The summed E-state index contributed by atoms with van der Waals surface area (Å²) in [5, 5.41) is 11.9. The summed E-state index contributed by atoms with van der Waals surface area (Å²) in [4.78, 5) is 0. The van der Waals surface area contributed by atoms with Gasteiger partial charge < -0.3 is 14.4 Å². The molecule has 3 rings (SSSR count). The lowest BCUT2D eigenvalue weighted by Crippen LogP contribution is -2.43. The van der Waals surface area contributed by atoms with Crippen LogP contribution in [-0.2, 0) is 15.7 Å². The molecule has 0 radical (unpaired) electrons. The van der Waals surface area contributed by atoms with Crippen LogP contribution in [0.2, 0.25) is 16.6 Å². The molecule has 2 aromatic rings. The molecule has 1 heterocycles. The molecule has 0 atom stereocenters. The largest absolute Gasteiger partial charge is 0.508 e. The molecule has 1 fully saturated rings. The molecule has 0 saturated carbocycles. The number of hydrogen-bond acceptors (Lipinski definition) is 3. The molecule has 2 aromatic carbocycles. The Kier molecular flexibility index (Phi) is 7.35. The van der Waals surface area contributed by atoms with Gasteiger partial charge in [-0.15, -0.1) is 11.5 Å². The Labute approximate surface area is 206 Å². The number of benzene rings is 2. The predicted molar refractivity (Wildman–Crippen MR) is 144 cm³/mol. The third-order valence-corrected chi connectivity index (χ3v) is 14.5. The average Bonchev–Trinajstić information content (AvgIpc) is 2.92. The van der Waals surface area contributed by atoms with Crippen molar-refractivity contribution in [3.8, 4) is 17.2 Å². The SMILES string of the molecule is CC(C)[Si](C#CCc1c(F)ccc2cc(O)cc(B3OC(C)(C)C(C)(C)O3)c12)(C(C)C)C(C)C. The van der Waals surface area contributed by atoms with Crippen molar-refractivity contribution in [2.75, 3.05) is 0 Å². The van der Waals surface area contributed by atoms with Gasteiger partial charge in [-0.3, -0.25) is 0 Å². The second-order valence-corrected chi connectivity index (χ2v) is 17.2. The third kappa shape index (κ3) is 4.55. The molecule has 0 amide bonds. The molecule has 0 aliphatic carbocycles. The second-order valence-electron chi connectivity index (χ2n) is 11.6. The molecule has 3 nitrogen and oxygen atoms in total. The number of phenolic OH excluding ortho intramolecular Hbond substituents is 1. The van der Waals surface area contributed by atoms with Crippen molar-refractivity contribution in [1.29, 1.82) is 0 Å². The van der Waals surface area contributed by atoms with Gasteiger partial charge in [-0.2, -0.15) is 0 Å². The van der Waals surface area contributed by atoms with Crippen molar-refractivity contribution in [3.63, 3.8) is 0 Å². The maximum atomic E-state index is 15.3. The number of hydrogen-bond donors (Lipinski definition) is 1. The molecule has 1 aliphatic heterocycles. The van der Waals surface area contributed by atoms with Crippen molar-refractivity contribution >= 4 is 31.4 Å². The molecule has 6 heteroatoms. The topological polar surface area (TPSA) is 38.7 Å². The van der Waals surface area contributed by atoms with Crippen LogP contribution in [0.4, 0.5) is 4.39 Å². The summed E-state index contributed by atoms with van der Waals surface area (Å²) in [5.41, 5.74) is 5.33. The number of fused-ring (bicyclic) bond motifs is 1. The number of rotatable bonds is 5. The van der Waals surface area contributed by atoms with Crippen LogP contribution >= 0.6 is 0 Å². The predicted octanol–water partition coefficient (Wildman–Crippen LogP) is 6.75. The van der Waals surface area contributed by atoms with Crippen molar-refractivity contribution in [2.45, 2.75) is 103 Å². The Morgan fingerprint density at radius 3 is 1.97 bits per heavy atom. The minimum Gasteiger partial charge on any atom is -0.508 e. The minimum absolute atomic E-state index is 0.103. The van der Waals surface area contributed by atoms with Gasteiger partial charge in [-0.05, 0) is 78.8 Å². The highest BCUT2D eigenvalue weighted by molar-refractivity contribution is 6.90. The molecule has 0 aromatic heterocycles. The fourth-order valence-electron chi connectivity index (χ4n) is 5.58. The van der Waals surface area contributed by atoms with Crippen LogP contribution in [-0.4, -0.2) is 31.5 Å². The zero-order chi connectivity index (χ0) is 25.6. The van der Waals surface area contributed by atoms with E-state index >= 15 is 4.39 Å². The molecule has 1 saturated heterocycles. The first-order chi connectivity index (χ1) is 15.6. The molecule has 0 spiro atoms. The van der Waals surface area contributed by atoms with E-state index in [1.807, 2.05) is 27.7 Å². The zero-order valence-electron chi connectivity index (χ0n) is 22.5. The Bertz CT molecular complexity index is 1090. The summed E-state index contributed by atoms with van der Waals surface area (Å²) >= 11 is 0. The molecular weight excluding hydrogens is 442 g/mol. The molecule has 1 N–H and O–H groups in total. The first-order valence-corrected chi connectivity index (χ1v) is 14.7. The van der Waals surface area contributed by atoms with Crippen LogP contribution in [0.3, 0.4) is 0 Å². The molecule has 1 aliphatic rings. The molecular formula is C28H40BFO3Si. The number of phenols is 1. The summed E-state index contributed by atoms with van der Waals surface area (Å²) in [6, 6.07) is 6.46. The fraction of sp³-hybridized carbons (Fsp3) is 0.571. The van der Waals surface area contributed by atoms with E-state index in [0.29, 0.717) is 34.1 Å². The normalized spacial score (nSPS) is 17.6. The van der Waals surface area contributed by atoms with Crippen LogP contribution in [0.1, 0.15) is 74.8 Å². The van der Waals surface area contributed by atoms with Crippen LogP contribution in [0.25, 0.3) is 10.8 Å². The van der Waals surface area contributed by atoms with Gasteiger partial charge in [0.25, 0.3) is 0 Å². The van der Waals surface area contributed by atoms with E-state index in [-0.39, 0.29) is 11.6 Å². The summed E-state index contributed by atoms with van der Waals surface area (Å²) in [7, 11) is -2.63. The molecule has 0 bridgehead atoms. The quantitative estimate of drug-likeness (QED) is 0.379. The van der Waals surface area contributed by atoms with Crippen molar-refractivity contribution in [1.82, 2.24) is 0 Å². The van der Waals surface area contributed by atoms with Crippen molar-refractivity contribution in [3.05, 3.63) is 35.6 Å². The highest BCUT2D eigenvalue weighted by Gasteiger charge is 2.52. The van der Waals surface area contributed by atoms with Gasteiger partial charge in [0.2, 0.25) is 0 Å². The highest BCUT2D eigenvalue weighted by atomic mass is 28.3. The smallest absolute Gasteiger partial charge is 0.495 e. The van der Waals surface area contributed by atoms with E-state index in [1.54, 1.807) is 18.2 Å². The van der Waals surface area contributed by atoms with Gasteiger partial charge in [0.05, 0.1) is 11.2 Å². The van der Waals surface area contributed by atoms with Crippen LogP contribution in [0.5, 0.6) is 5.75 Å². The van der Waals surface area contributed by atoms with E-state index in [2.05, 4.69) is 53.0 Å². The molecule has 34 heavy (non-hydrogen) atoms. The standard InChI is InChI=1S/C28H40BFO3Si/c1-18(2)34(19(3)4,20(5)6)15-11-12-23-25(30)14-13-21-16-22(31)17-24(26(21)23)29-32-27(7,8)28(9,10)33-29/h13-14,16-20,31H,12H2,1-10H3. The third-order valence-electron chi connectivity index (χ3n) is 8.13. The Morgan fingerprint density at radius 2 is 1.47 bits per heavy atom. The molecule has 0 unspecified atom stereocenters. The number of aromatic hydroxyl groups is 1. The van der Waals surface area contributed by atoms with Gasteiger partial charge in [0.15, 0.2) is 0 Å². The first-order valence-electron chi connectivity index (χ1n) is 12.4. The zero-order valence-corrected chi connectivity index (χ0v) is 23.5. The van der Waals surface area contributed by atoms with Crippen molar-refractivity contribution < 1.29 is 18.8 Å². The fourth-order valence-corrected chi connectivity index (χ4v) is 10.8. The monoisotopic (exact) mass is 482 g/mol. The highest BCUT2D eigenvalue weighted by Crippen LogP contribution is 2.41. The van der Waals surface area contributed by atoms with Gasteiger partial charge in [0.1, 0.15) is 19.6 Å². The maximum Gasteiger partial charge on any atom is 0.495 e. The lowest BCUT2D eigenvalue weighted by Gasteiger charge is -2.38. The van der Waals surface area contributed by atoms with E-state index in [9.17, 15) is 5.11 Å². The first kappa shape index (κ1) is 26.8. The van der Waals surface area contributed by atoms with Crippen LogP contribution in [0.15, 0.2) is 24.3 Å². The van der Waals surface area contributed by atoms with Gasteiger partial charge in [-0.1, -0.05) is 47.6 Å².